The third-order valence-corrected chi connectivity index (χ3v) is 4.81. The topological polar surface area (TPSA) is 98.3 Å². The number of aliphatic hydroxyl groups excluding tert-OH is 1. The van der Waals surface area contributed by atoms with E-state index in [1.54, 1.807) is 13.0 Å². The van der Waals surface area contributed by atoms with Crippen LogP contribution in [0.3, 0.4) is 0 Å². The van der Waals surface area contributed by atoms with Gasteiger partial charge in [0.2, 0.25) is 5.91 Å². The Morgan fingerprint density at radius 1 is 1.44 bits per heavy atom. The number of hydrogen-bond acceptors (Lipinski definition) is 5. The van der Waals surface area contributed by atoms with Crippen molar-refractivity contribution in [1.82, 2.24) is 15.3 Å². The second-order valence-electron chi connectivity index (χ2n) is 6.85. The van der Waals surface area contributed by atoms with Crippen LogP contribution in [0.4, 0.5) is 10.2 Å². The molecule has 1 aromatic carbocycles. The largest absolute Gasteiger partial charge is 0.386 e. The summed E-state index contributed by atoms with van der Waals surface area (Å²) in [6.45, 7) is 2.86. The SMILES string of the molecule is CC(NC(=O)C1CCCN(c2cc(=O)[nH]cn2)C1)C(O)c1cccc(F)c1. The van der Waals surface area contributed by atoms with E-state index in [-0.39, 0.29) is 17.4 Å². The Bertz CT molecular complexity index is 857. The molecule has 2 aromatic rings. The monoisotopic (exact) mass is 374 g/mol. The number of anilines is 1. The van der Waals surface area contributed by atoms with Crippen LogP contribution in [0.25, 0.3) is 0 Å². The van der Waals surface area contributed by atoms with Crippen molar-refractivity contribution < 1.29 is 14.3 Å². The van der Waals surface area contributed by atoms with Crippen molar-refractivity contribution in [2.45, 2.75) is 31.9 Å². The fraction of sp³-hybridized carbons (Fsp3) is 0.421. The van der Waals surface area contributed by atoms with E-state index in [4.69, 9.17) is 0 Å². The number of aliphatic hydroxyl groups is 1. The number of carbonyl (C=O) groups is 1. The molecule has 3 atom stereocenters. The van der Waals surface area contributed by atoms with Gasteiger partial charge in [0.05, 0.1) is 24.4 Å². The minimum absolute atomic E-state index is 0.174. The van der Waals surface area contributed by atoms with E-state index < -0.39 is 18.0 Å². The molecule has 1 fully saturated rings. The predicted molar refractivity (Wildman–Crippen MR) is 98.8 cm³/mol. The number of H-pyrrole nitrogens is 1. The van der Waals surface area contributed by atoms with Gasteiger partial charge in [-0.05, 0) is 37.5 Å². The van der Waals surface area contributed by atoms with Gasteiger partial charge in [0.25, 0.3) is 5.56 Å². The van der Waals surface area contributed by atoms with E-state index >= 15 is 0 Å². The average molecular weight is 374 g/mol. The van der Waals surface area contributed by atoms with Gasteiger partial charge in [0.1, 0.15) is 11.6 Å². The zero-order chi connectivity index (χ0) is 19.4. The Kier molecular flexibility index (Phi) is 5.85. The van der Waals surface area contributed by atoms with Crippen LogP contribution < -0.4 is 15.8 Å². The highest BCUT2D eigenvalue weighted by molar-refractivity contribution is 5.80. The van der Waals surface area contributed by atoms with Crippen molar-refractivity contribution in [2.75, 3.05) is 18.0 Å². The molecule has 0 spiro atoms. The van der Waals surface area contributed by atoms with Crippen molar-refractivity contribution in [2.24, 2.45) is 5.92 Å². The lowest BCUT2D eigenvalue weighted by molar-refractivity contribution is -0.126. The molecule has 0 aliphatic carbocycles. The smallest absolute Gasteiger partial charge is 0.252 e. The number of benzene rings is 1. The van der Waals surface area contributed by atoms with Crippen molar-refractivity contribution >= 4 is 11.7 Å². The Morgan fingerprint density at radius 3 is 3.00 bits per heavy atom. The summed E-state index contributed by atoms with van der Waals surface area (Å²) in [7, 11) is 0. The zero-order valence-electron chi connectivity index (χ0n) is 15.1. The molecule has 1 aliphatic rings. The highest BCUT2D eigenvalue weighted by Crippen LogP contribution is 2.22. The van der Waals surface area contributed by atoms with Crippen LogP contribution in [-0.4, -0.2) is 40.1 Å². The third-order valence-electron chi connectivity index (χ3n) is 4.81. The van der Waals surface area contributed by atoms with Crippen LogP contribution in [0.2, 0.25) is 0 Å². The summed E-state index contributed by atoms with van der Waals surface area (Å²) in [5, 5.41) is 13.2. The second kappa shape index (κ2) is 8.30. The quantitative estimate of drug-likeness (QED) is 0.734. The minimum atomic E-state index is -1.00. The number of aromatic nitrogens is 2. The fourth-order valence-electron chi connectivity index (χ4n) is 3.33. The second-order valence-corrected chi connectivity index (χ2v) is 6.85. The molecule has 27 heavy (non-hydrogen) atoms. The maximum atomic E-state index is 13.3. The van der Waals surface area contributed by atoms with Crippen LogP contribution in [-0.2, 0) is 4.79 Å². The molecular weight excluding hydrogens is 351 g/mol. The summed E-state index contributed by atoms with van der Waals surface area (Å²) >= 11 is 0. The van der Waals surface area contributed by atoms with Gasteiger partial charge >= 0.3 is 0 Å². The number of rotatable bonds is 5. The number of amides is 1. The predicted octanol–water partition coefficient (Wildman–Crippen LogP) is 1.36. The number of halogens is 1. The molecule has 3 unspecified atom stereocenters. The van der Waals surface area contributed by atoms with Crippen LogP contribution in [0.1, 0.15) is 31.4 Å². The molecule has 0 bridgehead atoms. The molecule has 8 heteroatoms. The third kappa shape index (κ3) is 4.71. The molecular formula is C19H23FN4O3. The number of nitrogens with one attached hydrogen (secondary N) is 2. The lowest BCUT2D eigenvalue weighted by atomic mass is 9.96. The van der Waals surface area contributed by atoms with Crippen LogP contribution in [0.5, 0.6) is 0 Å². The summed E-state index contributed by atoms with van der Waals surface area (Å²) in [4.78, 5) is 32.7. The number of piperidine rings is 1. The van der Waals surface area contributed by atoms with E-state index in [1.165, 1.54) is 30.6 Å². The standard InChI is InChI=1S/C19H23FN4O3/c1-12(18(26)13-4-2-6-15(20)8-13)23-19(27)14-5-3-7-24(10-14)16-9-17(25)22-11-21-16/h2,4,6,8-9,11-12,14,18,26H,3,5,7,10H2,1H3,(H,23,27)(H,21,22,25). The molecule has 3 rings (SSSR count). The van der Waals surface area contributed by atoms with Crippen molar-refractivity contribution in [3.05, 3.63) is 58.4 Å². The van der Waals surface area contributed by atoms with Crippen molar-refractivity contribution in [3.63, 3.8) is 0 Å². The lowest BCUT2D eigenvalue weighted by Gasteiger charge is -2.33. The van der Waals surface area contributed by atoms with Crippen LogP contribution in [0.15, 0.2) is 41.5 Å². The molecule has 1 saturated heterocycles. The molecule has 1 amide bonds. The van der Waals surface area contributed by atoms with Gasteiger partial charge in [-0.1, -0.05) is 12.1 Å². The van der Waals surface area contributed by atoms with E-state index in [1.807, 2.05) is 4.90 Å². The van der Waals surface area contributed by atoms with E-state index in [0.717, 1.165) is 13.0 Å². The molecule has 7 nitrogen and oxygen atoms in total. The molecule has 0 saturated carbocycles. The number of aromatic amines is 1. The summed E-state index contributed by atoms with van der Waals surface area (Å²) < 4.78 is 13.3. The van der Waals surface area contributed by atoms with Crippen molar-refractivity contribution in [1.29, 1.82) is 0 Å². The Balaban J connectivity index is 1.62. The van der Waals surface area contributed by atoms with Gasteiger partial charge in [0, 0.05) is 19.2 Å². The summed E-state index contributed by atoms with van der Waals surface area (Å²) in [5.74, 6) is -0.336. The summed E-state index contributed by atoms with van der Waals surface area (Å²) in [5.41, 5.74) is 0.180. The minimum Gasteiger partial charge on any atom is -0.386 e. The molecule has 0 radical (unpaired) electrons. The lowest BCUT2D eigenvalue weighted by Crippen LogP contribution is -2.47. The Labute approximate surface area is 156 Å². The number of hydrogen-bond donors (Lipinski definition) is 3. The van der Waals surface area contributed by atoms with Gasteiger partial charge in [-0.2, -0.15) is 0 Å². The van der Waals surface area contributed by atoms with E-state index in [0.29, 0.717) is 24.3 Å². The maximum Gasteiger partial charge on any atom is 0.252 e. The molecule has 1 aromatic heterocycles. The van der Waals surface area contributed by atoms with Gasteiger partial charge in [-0.25, -0.2) is 9.37 Å². The Morgan fingerprint density at radius 2 is 2.26 bits per heavy atom. The molecule has 3 N–H and O–H groups in total. The van der Waals surface area contributed by atoms with Crippen LogP contribution >= 0.6 is 0 Å². The first-order valence-corrected chi connectivity index (χ1v) is 8.97. The molecule has 1 aliphatic heterocycles. The summed E-state index contributed by atoms with van der Waals surface area (Å²) in [6.07, 6.45) is 1.86. The Hall–Kier alpha value is -2.74. The number of carbonyl (C=O) groups excluding carboxylic acids is 1. The first-order chi connectivity index (χ1) is 12.9. The molecule has 2 heterocycles. The van der Waals surface area contributed by atoms with Gasteiger partial charge < -0.3 is 20.3 Å². The fourth-order valence-corrected chi connectivity index (χ4v) is 3.33. The average Bonchev–Trinajstić information content (AvgIpc) is 2.67. The highest BCUT2D eigenvalue weighted by atomic mass is 19.1. The van der Waals surface area contributed by atoms with E-state index in [9.17, 15) is 19.1 Å². The highest BCUT2D eigenvalue weighted by Gasteiger charge is 2.29. The summed E-state index contributed by atoms with van der Waals surface area (Å²) in [6, 6.07) is 6.56. The first-order valence-electron chi connectivity index (χ1n) is 8.97. The molecule has 144 valence electrons. The maximum absolute atomic E-state index is 13.3. The van der Waals surface area contributed by atoms with E-state index in [2.05, 4.69) is 15.3 Å². The first kappa shape index (κ1) is 19.0. The van der Waals surface area contributed by atoms with Crippen LogP contribution in [0, 0.1) is 11.7 Å². The van der Waals surface area contributed by atoms with Gasteiger partial charge in [-0.15, -0.1) is 0 Å². The number of nitrogens with zero attached hydrogens (tertiary/aromatic N) is 2. The normalized spacial score (nSPS) is 19.4. The van der Waals surface area contributed by atoms with Gasteiger partial charge in [0.15, 0.2) is 0 Å². The van der Waals surface area contributed by atoms with Crippen molar-refractivity contribution in [3.8, 4) is 0 Å². The zero-order valence-corrected chi connectivity index (χ0v) is 15.1. The van der Waals surface area contributed by atoms with Gasteiger partial charge in [-0.3, -0.25) is 9.59 Å².